The molecule has 1 aromatic rings. The summed E-state index contributed by atoms with van der Waals surface area (Å²) >= 11 is 0. The Morgan fingerprint density at radius 2 is 1.39 bits per heavy atom. The molecule has 0 amide bonds. The molecule has 0 aliphatic rings. The van der Waals surface area contributed by atoms with Crippen LogP contribution in [0.2, 0.25) is 0 Å². The van der Waals surface area contributed by atoms with Crippen LogP contribution in [-0.4, -0.2) is 13.0 Å². The molecule has 1 aromatic carbocycles. The largest absolute Gasteiger partial charge is 0.744 e. The summed E-state index contributed by atoms with van der Waals surface area (Å²) in [5, 5.41) is 0. The van der Waals surface area contributed by atoms with Crippen molar-refractivity contribution in [2.75, 3.05) is 0 Å². The van der Waals surface area contributed by atoms with Crippen LogP contribution in [0, 0.1) is 0 Å². The van der Waals surface area contributed by atoms with E-state index in [4.69, 9.17) is 0 Å². The molecule has 23 heavy (non-hydrogen) atoms. The maximum absolute atomic E-state index is 11.0. The lowest BCUT2D eigenvalue weighted by atomic mass is 9.91. The minimum absolute atomic E-state index is 0.136. The summed E-state index contributed by atoms with van der Waals surface area (Å²) in [5.74, 6) is 0.457. The van der Waals surface area contributed by atoms with E-state index < -0.39 is 10.1 Å². The SMILES string of the molecule is CCCCCCCCCCC(CC)c1ccc(S(=O)(=O)[O-])cc1. The van der Waals surface area contributed by atoms with Crippen molar-refractivity contribution in [3.05, 3.63) is 29.8 Å². The fourth-order valence-corrected chi connectivity index (χ4v) is 3.51. The van der Waals surface area contributed by atoms with E-state index in [0.29, 0.717) is 5.92 Å². The third-order valence-electron chi connectivity index (χ3n) is 4.54. The zero-order valence-electron chi connectivity index (χ0n) is 14.6. The fraction of sp³-hybridized carbons (Fsp3) is 0.684. The highest BCUT2D eigenvalue weighted by Crippen LogP contribution is 2.27. The first-order valence-corrected chi connectivity index (χ1v) is 10.5. The lowest BCUT2D eigenvalue weighted by Gasteiger charge is -2.16. The molecule has 0 aliphatic carbocycles. The van der Waals surface area contributed by atoms with Gasteiger partial charge in [-0.3, -0.25) is 0 Å². The van der Waals surface area contributed by atoms with Crippen molar-refractivity contribution < 1.29 is 13.0 Å². The zero-order valence-corrected chi connectivity index (χ0v) is 15.4. The highest BCUT2D eigenvalue weighted by Gasteiger charge is 2.10. The van der Waals surface area contributed by atoms with Crippen molar-refractivity contribution in [3.63, 3.8) is 0 Å². The Morgan fingerprint density at radius 3 is 1.87 bits per heavy atom. The highest BCUT2D eigenvalue weighted by molar-refractivity contribution is 7.85. The van der Waals surface area contributed by atoms with E-state index in [-0.39, 0.29) is 4.90 Å². The van der Waals surface area contributed by atoms with Crippen LogP contribution in [0.1, 0.15) is 89.5 Å². The summed E-state index contributed by atoms with van der Waals surface area (Å²) in [4.78, 5) is -0.136. The monoisotopic (exact) mass is 339 g/mol. The molecule has 0 N–H and O–H groups in total. The molecule has 1 atom stereocenters. The Bertz CT molecular complexity index is 520. The van der Waals surface area contributed by atoms with Crippen LogP contribution in [0.25, 0.3) is 0 Å². The van der Waals surface area contributed by atoms with Gasteiger partial charge in [0.15, 0.2) is 0 Å². The molecule has 0 saturated carbocycles. The van der Waals surface area contributed by atoms with E-state index in [1.165, 1.54) is 63.5 Å². The van der Waals surface area contributed by atoms with E-state index >= 15 is 0 Å². The van der Waals surface area contributed by atoms with Crippen LogP contribution < -0.4 is 0 Å². The van der Waals surface area contributed by atoms with E-state index in [1.54, 1.807) is 12.1 Å². The van der Waals surface area contributed by atoms with Crippen LogP contribution in [0.5, 0.6) is 0 Å². The average Bonchev–Trinajstić information content (AvgIpc) is 2.53. The maximum Gasteiger partial charge on any atom is 0.124 e. The van der Waals surface area contributed by atoms with Gasteiger partial charge in [-0.15, -0.1) is 0 Å². The summed E-state index contributed by atoms with van der Waals surface area (Å²) in [7, 11) is -4.34. The minimum Gasteiger partial charge on any atom is -0.744 e. The Balaban J connectivity index is 2.34. The number of hydrogen-bond acceptors (Lipinski definition) is 3. The van der Waals surface area contributed by atoms with Crippen LogP contribution >= 0.6 is 0 Å². The maximum atomic E-state index is 11.0. The fourth-order valence-electron chi connectivity index (χ4n) is 3.04. The van der Waals surface area contributed by atoms with Gasteiger partial charge < -0.3 is 4.55 Å². The van der Waals surface area contributed by atoms with Crippen LogP contribution in [0.4, 0.5) is 0 Å². The Labute approximate surface area is 142 Å². The zero-order chi connectivity index (χ0) is 17.1. The molecule has 3 nitrogen and oxygen atoms in total. The molecule has 4 heteroatoms. The van der Waals surface area contributed by atoms with Crippen molar-refractivity contribution in [1.82, 2.24) is 0 Å². The smallest absolute Gasteiger partial charge is 0.124 e. The minimum atomic E-state index is -4.34. The number of unbranched alkanes of at least 4 members (excludes halogenated alkanes) is 7. The van der Waals surface area contributed by atoms with Gasteiger partial charge in [-0.25, -0.2) is 8.42 Å². The second kappa shape index (κ2) is 10.8. The summed E-state index contributed by atoms with van der Waals surface area (Å²) in [6.45, 7) is 4.40. The molecule has 0 radical (unpaired) electrons. The summed E-state index contributed by atoms with van der Waals surface area (Å²) < 4.78 is 32.9. The van der Waals surface area contributed by atoms with Gasteiger partial charge in [-0.1, -0.05) is 77.3 Å². The first kappa shape index (κ1) is 20.2. The predicted octanol–water partition coefficient (Wildman–Crippen LogP) is 5.62. The van der Waals surface area contributed by atoms with Gasteiger partial charge in [0, 0.05) is 0 Å². The molecular weight excluding hydrogens is 308 g/mol. The second-order valence-corrected chi connectivity index (χ2v) is 7.77. The topological polar surface area (TPSA) is 57.2 Å². The van der Waals surface area contributed by atoms with E-state index in [1.807, 2.05) is 0 Å². The molecule has 0 fully saturated rings. The van der Waals surface area contributed by atoms with Crippen molar-refractivity contribution in [2.24, 2.45) is 0 Å². The third-order valence-corrected chi connectivity index (χ3v) is 5.39. The quantitative estimate of drug-likeness (QED) is 0.367. The van der Waals surface area contributed by atoms with Gasteiger partial charge >= 0.3 is 0 Å². The molecule has 1 rings (SSSR count). The number of benzene rings is 1. The van der Waals surface area contributed by atoms with Crippen molar-refractivity contribution >= 4 is 10.1 Å². The molecule has 132 valence electrons. The van der Waals surface area contributed by atoms with Gasteiger partial charge in [0.25, 0.3) is 0 Å². The Kier molecular flexibility index (Phi) is 9.49. The molecule has 0 bridgehead atoms. The lowest BCUT2D eigenvalue weighted by Crippen LogP contribution is -2.01. The van der Waals surface area contributed by atoms with Crippen molar-refractivity contribution in [1.29, 1.82) is 0 Å². The van der Waals surface area contributed by atoms with E-state index in [2.05, 4.69) is 13.8 Å². The molecule has 0 spiro atoms. The second-order valence-electron chi connectivity index (χ2n) is 6.39. The molecule has 0 aromatic heterocycles. The normalized spacial score (nSPS) is 13.2. The van der Waals surface area contributed by atoms with Gasteiger partial charge in [-0.2, -0.15) is 0 Å². The van der Waals surface area contributed by atoms with Crippen LogP contribution in [0.15, 0.2) is 29.2 Å². The van der Waals surface area contributed by atoms with Crippen molar-refractivity contribution in [2.45, 2.75) is 88.9 Å². The van der Waals surface area contributed by atoms with E-state index in [9.17, 15) is 13.0 Å². The molecule has 0 saturated heterocycles. The Hall–Kier alpha value is -0.870. The van der Waals surface area contributed by atoms with Gasteiger partial charge in [0.1, 0.15) is 10.1 Å². The highest BCUT2D eigenvalue weighted by atomic mass is 32.2. The average molecular weight is 340 g/mol. The van der Waals surface area contributed by atoms with Crippen LogP contribution in [-0.2, 0) is 10.1 Å². The standard InChI is InChI=1S/C19H32O3S/c1-3-5-6-7-8-9-10-11-12-17(4-2)18-13-15-19(16-14-18)23(20,21)22/h13-17H,3-12H2,1-2H3,(H,20,21,22)/p-1. The lowest BCUT2D eigenvalue weighted by molar-refractivity contribution is 0.463. The molecule has 0 heterocycles. The van der Waals surface area contributed by atoms with E-state index in [0.717, 1.165) is 18.4 Å². The predicted molar refractivity (Wildman–Crippen MR) is 94.7 cm³/mol. The van der Waals surface area contributed by atoms with Gasteiger partial charge in [0.2, 0.25) is 0 Å². The van der Waals surface area contributed by atoms with Gasteiger partial charge in [0.05, 0.1) is 4.90 Å². The van der Waals surface area contributed by atoms with Gasteiger partial charge in [-0.05, 0) is 36.5 Å². The summed E-state index contributed by atoms with van der Waals surface area (Å²) in [6, 6.07) is 6.47. The first-order chi connectivity index (χ1) is 11.0. The number of hydrogen-bond donors (Lipinski definition) is 0. The number of rotatable bonds is 12. The molecule has 0 aliphatic heterocycles. The molecular formula is C19H31O3S-. The molecule has 1 unspecified atom stereocenters. The summed E-state index contributed by atoms with van der Waals surface area (Å²) in [5.41, 5.74) is 1.14. The first-order valence-electron chi connectivity index (χ1n) is 9.04. The summed E-state index contributed by atoms with van der Waals surface area (Å²) in [6.07, 6.45) is 12.7. The van der Waals surface area contributed by atoms with Crippen molar-refractivity contribution in [3.8, 4) is 0 Å². The Morgan fingerprint density at radius 1 is 0.870 bits per heavy atom. The van der Waals surface area contributed by atoms with Crippen LogP contribution in [0.3, 0.4) is 0 Å². The third kappa shape index (κ3) is 7.98.